The zero-order valence-electron chi connectivity index (χ0n) is 19.6. The highest BCUT2D eigenvalue weighted by atomic mass is 19.1. The molecule has 2 aliphatic heterocycles. The molecule has 35 heavy (non-hydrogen) atoms. The highest BCUT2D eigenvalue weighted by Crippen LogP contribution is 2.50. The van der Waals surface area contributed by atoms with Gasteiger partial charge in [0.05, 0.1) is 24.1 Å². The monoisotopic (exact) mass is 476 g/mol. The molecular formula is C27H26F2N4O2. The number of halogens is 2. The van der Waals surface area contributed by atoms with Crippen LogP contribution in [0, 0.1) is 40.7 Å². The molecule has 1 aliphatic carbocycles. The van der Waals surface area contributed by atoms with Gasteiger partial charge in [0.15, 0.2) is 11.6 Å². The van der Waals surface area contributed by atoms with Crippen molar-refractivity contribution < 1.29 is 18.3 Å². The first-order valence-corrected chi connectivity index (χ1v) is 12.0. The predicted molar refractivity (Wildman–Crippen MR) is 125 cm³/mol. The lowest BCUT2D eigenvalue weighted by Gasteiger charge is -2.12. The van der Waals surface area contributed by atoms with Crippen molar-refractivity contribution in [1.29, 1.82) is 5.26 Å². The zero-order valence-corrected chi connectivity index (χ0v) is 19.6. The molecule has 3 fully saturated rings. The number of rotatable bonds is 6. The Labute approximate surface area is 202 Å². The summed E-state index contributed by atoms with van der Waals surface area (Å²) in [5.74, 6) is 1.89. The van der Waals surface area contributed by atoms with E-state index in [4.69, 9.17) is 19.7 Å². The molecular weight excluding hydrogens is 450 g/mol. The molecule has 0 radical (unpaired) electrons. The molecule has 3 heterocycles. The van der Waals surface area contributed by atoms with Crippen molar-refractivity contribution in [2.24, 2.45) is 17.8 Å². The van der Waals surface area contributed by atoms with Crippen molar-refractivity contribution in [2.75, 3.05) is 20.2 Å². The molecule has 6 nitrogen and oxygen atoms in total. The van der Waals surface area contributed by atoms with E-state index in [2.05, 4.69) is 11.8 Å². The van der Waals surface area contributed by atoms with E-state index in [0.717, 1.165) is 30.8 Å². The maximum atomic E-state index is 14.5. The molecule has 1 aromatic heterocycles. The summed E-state index contributed by atoms with van der Waals surface area (Å²) in [6, 6.07) is 10.8. The number of imidazole rings is 1. The van der Waals surface area contributed by atoms with Crippen molar-refractivity contribution in [2.45, 2.75) is 32.1 Å². The molecule has 5 atom stereocenters. The molecule has 0 spiro atoms. The fourth-order valence-corrected chi connectivity index (χ4v) is 5.49. The highest BCUT2D eigenvalue weighted by molar-refractivity contribution is 5.61. The Morgan fingerprint density at radius 3 is 2.69 bits per heavy atom. The van der Waals surface area contributed by atoms with Gasteiger partial charge in [0.1, 0.15) is 30.0 Å². The summed E-state index contributed by atoms with van der Waals surface area (Å²) in [6.07, 6.45) is 4.17. The van der Waals surface area contributed by atoms with E-state index in [-0.39, 0.29) is 23.6 Å². The largest absolute Gasteiger partial charge is 0.494 e. The van der Waals surface area contributed by atoms with E-state index in [9.17, 15) is 8.78 Å². The summed E-state index contributed by atoms with van der Waals surface area (Å²) in [4.78, 5) is 7.19. The number of likely N-dealkylation sites (tertiary alicyclic amines) is 1. The Morgan fingerprint density at radius 2 is 2.00 bits per heavy atom. The minimum absolute atomic E-state index is 0.0180. The van der Waals surface area contributed by atoms with Crippen molar-refractivity contribution in [3.63, 3.8) is 0 Å². The van der Waals surface area contributed by atoms with Gasteiger partial charge in [0, 0.05) is 30.9 Å². The number of aromatic nitrogens is 2. The van der Waals surface area contributed by atoms with Crippen molar-refractivity contribution in [3.8, 4) is 28.9 Å². The van der Waals surface area contributed by atoms with Crippen LogP contribution in [-0.2, 0) is 4.74 Å². The van der Waals surface area contributed by atoms with Gasteiger partial charge in [-0.25, -0.2) is 13.8 Å². The maximum absolute atomic E-state index is 14.5. The molecule has 1 saturated carbocycles. The number of epoxide rings is 1. The van der Waals surface area contributed by atoms with Crippen LogP contribution in [0.25, 0.3) is 17.1 Å². The fraction of sp³-hybridized carbons (Fsp3) is 0.407. The number of methoxy groups -OCH3 is 1. The van der Waals surface area contributed by atoms with E-state index < -0.39 is 11.6 Å². The predicted octanol–water partition coefficient (Wildman–Crippen LogP) is 5.07. The molecule has 0 amide bonds. The van der Waals surface area contributed by atoms with E-state index in [1.54, 1.807) is 22.8 Å². The van der Waals surface area contributed by atoms with Gasteiger partial charge in [0.25, 0.3) is 0 Å². The van der Waals surface area contributed by atoms with Crippen LogP contribution in [-0.4, -0.2) is 40.9 Å². The molecule has 180 valence electrons. The topological polar surface area (TPSA) is 66.6 Å². The third kappa shape index (κ3) is 3.99. The third-order valence-electron chi connectivity index (χ3n) is 7.64. The molecule has 4 unspecified atom stereocenters. The number of nitriles is 1. The van der Waals surface area contributed by atoms with Crippen molar-refractivity contribution >= 4 is 0 Å². The van der Waals surface area contributed by atoms with Gasteiger partial charge in [-0.2, -0.15) is 5.26 Å². The summed E-state index contributed by atoms with van der Waals surface area (Å²) in [5.41, 5.74) is 1.70. The van der Waals surface area contributed by atoms with Crippen LogP contribution in [0.15, 0.2) is 42.6 Å². The number of hydrogen-bond donors (Lipinski definition) is 0. The van der Waals surface area contributed by atoms with Crippen molar-refractivity contribution in [1.82, 2.24) is 14.5 Å². The first-order valence-electron chi connectivity index (χ1n) is 12.0. The fourth-order valence-electron chi connectivity index (χ4n) is 5.49. The minimum Gasteiger partial charge on any atom is -0.494 e. The SMILES string of the molecule is COc1ccc(-n2cc(C3OC3N3CC[C@H](C4CC4C)C3)nc2-c2ccc(C#N)c(F)c2)cc1F. The number of benzene rings is 2. The Bertz CT molecular complexity index is 1330. The lowest BCUT2D eigenvalue weighted by molar-refractivity contribution is 0.201. The molecule has 2 saturated heterocycles. The third-order valence-corrected chi connectivity index (χ3v) is 7.64. The average Bonchev–Trinajstić information content (AvgIpc) is 3.69. The van der Waals surface area contributed by atoms with Crippen LogP contribution < -0.4 is 4.74 Å². The summed E-state index contributed by atoms with van der Waals surface area (Å²) < 4.78 is 41.8. The zero-order chi connectivity index (χ0) is 24.3. The van der Waals surface area contributed by atoms with E-state index in [1.165, 1.54) is 38.2 Å². The summed E-state index contributed by atoms with van der Waals surface area (Å²) in [6.45, 7) is 4.40. The van der Waals surface area contributed by atoms with Gasteiger partial charge in [0.2, 0.25) is 0 Å². The smallest absolute Gasteiger partial charge is 0.167 e. The lowest BCUT2D eigenvalue weighted by Crippen LogP contribution is -2.25. The molecule has 2 aromatic carbocycles. The van der Waals surface area contributed by atoms with Crippen LogP contribution >= 0.6 is 0 Å². The number of ether oxygens (including phenoxy) is 2. The molecule has 6 rings (SSSR count). The van der Waals surface area contributed by atoms with Crippen LogP contribution in [0.3, 0.4) is 0 Å². The second-order valence-corrected chi connectivity index (χ2v) is 9.85. The van der Waals surface area contributed by atoms with E-state index in [0.29, 0.717) is 22.8 Å². The minimum atomic E-state index is -0.625. The molecule has 0 N–H and O–H groups in total. The van der Waals surface area contributed by atoms with Gasteiger partial charge in [-0.1, -0.05) is 6.92 Å². The summed E-state index contributed by atoms with van der Waals surface area (Å²) in [7, 11) is 1.41. The second kappa shape index (κ2) is 8.43. The van der Waals surface area contributed by atoms with Crippen LogP contribution in [0.4, 0.5) is 8.78 Å². The first kappa shape index (κ1) is 22.2. The molecule has 0 bridgehead atoms. The quantitative estimate of drug-likeness (QED) is 0.465. The maximum Gasteiger partial charge on any atom is 0.167 e. The molecule has 8 heteroatoms. The lowest BCUT2D eigenvalue weighted by atomic mass is 10.0. The molecule has 3 aliphatic rings. The Kier molecular flexibility index (Phi) is 5.35. The van der Waals surface area contributed by atoms with Gasteiger partial charge in [-0.3, -0.25) is 9.47 Å². The summed E-state index contributed by atoms with van der Waals surface area (Å²) >= 11 is 0. The standard InChI is InChI=1S/C27H26F2N4O2/c1-15-9-20(15)18-7-8-32(13-18)27-25(35-27)23-14-33(19-5-6-24(34-2)22(29)11-19)26(31-23)16-3-4-17(12-30)21(28)10-16/h3-6,10-11,14-15,18,20,25,27H,7-9,13H2,1-2H3/t15?,18-,20?,25?,27?/m0/s1. The van der Waals surface area contributed by atoms with E-state index >= 15 is 0 Å². The Morgan fingerprint density at radius 1 is 1.17 bits per heavy atom. The van der Waals surface area contributed by atoms with Gasteiger partial charge >= 0.3 is 0 Å². The van der Waals surface area contributed by atoms with Crippen LogP contribution in [0.5, 0.6) is 5.75 Å². The van der Waals surface area contributed by atoms with E-state index in [1.807, 2.05) is 12.3 Å². The number of hydrogen-bond acceptors (Lipinski definition) is 5. The summed E-state index contributed by atoms with van der Waals surface area (Å²) in [5, 5.41) is 9.10. The normalized spacial score (nSPS) is 27.6. The second-order valence-electron chi connectivity index (χ2n) is 9.85. The van der Waals surface area contributed by atoms with Crippen molar-refractivity contribution in [3.05, 3.63) is 65.5 Å². The Balaban J connectivity index is 1.32. The Hall–Kier alpha value is -3.28. The van der Waals surface area contributed by atoms with Gasteiger partial charge in [-0.15, -0.1) is 0 Å². The molecule has 3 aromatic rings. The van der Waals surface area contributed by atoms with Gasteiger partial charge in [-0.05, 0) is 60.9 Å². The number of nitrogens with zero attached hydrogens (tertiary/aromatic N) is 4. The first-order chi connectivity index (χ1) is 17.0. The average molecular weight is 477 g/mol. The highest BCUT2D eigenvalue weighted by Gasteiger charge is 2.51. The van der Waals surface area contributed by atoms with Crippen LogP contribution in [0.1, 0.15) is 37.1 Å². The van der Waals surface area contributed by atoms with Crippen LogP contribution in [0.2, 0.25) is 0 Å². The van der Waals surface area contributed by atoms with Gasteiger partial charge < -0.3 is 9.47 Å².